The smallest absolute Gasteiger partial charge is 0.102 e. The van der Waals surface area contributed by atoms with Crippen LogP contribution in [0.5, 0.6) is 0 Å². The summed E-state index contributed by atoms with van der Waals surface area (Å²) in [7, 11) is 0. The van der Waals surface area contributed by atoms with Gasteiger partial charge in [-0.15, -0.1) is 0 Å². The van der Waals surface area contributed by atoms with E-state index in [-0.39, 0.29) is 13.3 Å². The summed E-state index contributed by atoms with van der Waals surface area (Å²) >= 11 is 0. The number of aliphatic hydroxyl groups is 1. The van der Waals surface area contributed by atoms with E-state index in [0.29, 0.717) is 19.1 Å². The van der Waals surface area contributed by atoms with Crippen molar-refractivity contribution in [2.45, 2.75) is 32.7 Å². The van der Waals surface area contributed by atoms with Crippen LogP contribution >= 0.6 is 0 Å². The van der Waals surface area contributed by atoms with Gasteiger partial charge in [0, 0.05) is 19.1 Å². The Balaban J connectivity index is 3.86. The minimum Gasteiger partial charge on any atom is -0.395 e. The monoisotopic (exact) mass is 177 g/mol. The molecule has 74 valence electrons. The number of rotatable bonds is 7. The summed E-state index contributed by atoms with van der Waals surface area (Å²) in [5, 5.41) is 8.74. The molecule has 0 aliphatic rings. The molecule has 1 N–H and O–H groups in total. The lowest BCUT2D eigenvalue weighted by atomic mass is 10.1. The van der Waals surface area contributed by atoms with Crippen molar-refractivity contribution >= 4 is 0 Å². The average Bonchev–Trinajstić information content (AvgIpc) is 2.07. The Labute approximate surface area is 74.4 Å². The standard InChI is InChI=1S/C9H20FNO/c1-3-9(4-2)11(6-5-10)7-8-12/h9,12H,3-8H2,1-2H3. The van der Waals surface area contributed by atoms with E-state index < -0.39 is 0 Å². The normalized spacial score (nSPS) is 11.5. The fourth-order valence-corrected chi connectivity index (χ4v) is 1.52. The van der Waals surface area contributed by atoms with Crippen molar-refractivity contribution in [3.63, 3.8) is 0 Å². The average molecular weight is 177 g/mol. The molecule has 0 aliphatic carbocycles. The molecule has 0 atom stereocenters. The van der Waals surface area contributed by atoms with E-state index in [1.54, 1.807) is 0 Å². The molecular formula is C9H20FNO. The molecule has 0 aliphatic heterocycles. The van der Waals surface area contributed by atoms with E-state index in [1.165, 1.54) is 0 Å². The highest BCUT2D eigenvalue weighted by molar-refractivity contribution is 4.68. The third-order valence-electron chi connectivity index (χ3n) is 2.22. The fraction of sp³-hybridized carbons (Fsp3) is 1.00. The molecule has 0 saturated heterocycles. The second-order valence-electron chi connectivity index (χ2n) is 2.92. The minimum atomic E-state index is -0.323. The molecule has 0 rings (SSSR count). The minimum absolute atomic E-state index is 0.122. The van der Waals surface area contributed by atoms with Gasteiger partial charge in [-0.25, -0.2) is 4.39 Å². The van der Waals surface area contributed by atoms with Crippen LogP contribution in [0.15, 0.2) is 0 Å². The molecule has 0 bridgehead atoms. The lowest BCUT2D eigenvalue weighted by Gasteiger charge is -2.28. The van der Waals surface area contributed by atoms with Crippen LogP contribution in [0.4, 0.5) is 4.39 Å². The van der Waals surface area contributed by atoms with Gasteiger partial charge in [0.05, 0.1) is 6.61 Å². The van der Waals surface area contributed by atoms with Crippen LogP contribution in [0.2, 0.25) is 0 Å². The summed E-state index contributed by atoms with van der Waals surface area (Å²) in [6, 6.07) is 0.424. The lowest BCUT2D eigenvalue weighted by Crippen LogP contribution is -2.38. The molecule has 0 unspecified atom stereocenters. The first-order valence-corrected chi connectivity index (χ1v) is 4.70. The molecule has 0 aromatic heterocycles. The maximum Gasteiger partial charge on any atom is 0.102 e. The fourth-order valence-electron chi connectivity index (χ4n) is 1.52. The van der Waals surface area contributed by atoms with Crippen LogP contribution in [0.25, 0.3) is 0 Å². The van der Waals surface area contributed by atoms with Gasteiger partial charge in [0.1, 0.15) is 6.67 Å². The van der Waals surface area contributed by atoms with Crippen molar-refractivity contribution in [2.24, 2.45) is 0 Å². The second-order valence-corrected chi connectivity index (χ2v) is 2.92. The first-order chi connectivity index (χ1) is 5.79. The van der Waals surface area contributed by atoms with Gasteiger partial charge in [0.25, 0.3) is 0 Å². The number of hydrogen-bond acceptors (Lipinski definition) is 2. The van der Waals surface area contributed by atoms with Crippen molar-refractivity contribution in [2.75, 3.05) is 26.4 Å². The molecule has 3 heteroatoms. The third-order valence-corrected chi connectivity index (χ3v) is 2.22. The lowest BCUT2D eigenvalue weighted by molar-refractivity contribution is 0.135. The summed E-state index contributed by atoms with van der Waals surface area (Å²) in [5.41, 5.74) is 0. The van der Waals surface area contributed by atoms with Gasteiger partial charge in [-0.05, 0) is 12.8 Å². The molecule has 0 aromatic carbocycles. The van der Waals surface area contributed by atoms with Crippen molar-refractivity contribution in [1.29, 1.82) is 0 Å². The van der Waals surface area contributed by atoms with Crippen LogP contribution < -0.4 is 0 Å². The zero-order valence-corrected chi connectivity index (χ0v) is 8.09. The van der Waals surface area contributed by atoms with Gasteiger partial charge < -0.3 is 5.11 Å². The summed E-state index contributed by atoms with van der Waals surface area (Å²) in [5.74, 6) is 0. The molecule has 0 fully saturated rings. The summed E-state index contributed by atoms with van der Waals surface area (Å²) in [4.78, 5) is 2.01. The molecule has 0 amide bonds. The highest BCUT2D eigenvalue weighted by Crippen LogP contribution is 2.07. The molecule has 0 heterocycles. The molecular weight excluding hydrogens is 157 g/mol. The van der Waals surface area contributed by atoms with Crippen LogP contribution in [0.3, 0.4) is 0 Å². The zero-order valence-electron chi connectivity index (χ0n) is 8.09. The topological polar surface area (TPSA) is 23.5 Å². The number of halogens is 1. The van der Waals surface area contributed by atoms with E-state index in [0.717, 1.165) is 12.8 Å². The van der Waals surface area contributed by atoms with Gasteiger partial charge in [-0.1, -0.05) is 13.8 Å². The molecule has 0 radical (unpaired) electrons. The van der Waals surface area contributed by atoms with Crippen molar-refractivity contribution in [3.05, 3.63) is 0 Å². The number of aliphatic hydroxyl groups excluding tert-OH is 1. The molecule has 2 nitrogen and oxygen atoms in total. The third kappa shape index (κ3) is 4.02. The molecule has 0 spiro atoms. The van der Waals surface area contributed by atoms with Crippen molar-refractivity contribution in [3.8, 4) is 0 Å². The van der Waals surface area contributed by atoms with Crippen LogP contribution in [0.1, 0.15) is 26.7 Å². The Morgan fingerprint density at radius 2 is 1.83 bits per heavy atom. The van der Waals surface area contributed by atoms with Gasteiger partial charge in [0.15, 0.2) is 0 Å². The largest absolute Gasteiger partial charge is 0.395 e. The van der Waals surface area contributed by atoms with Gasteiger partial charge in [0.2, 0.25) is 0 Å². The quantitative estimate of drug-likeness (QED) is 0.636. The van der Waals surface area contributed by atoms with Gasteiger partial charge >= 0.3 is 0 Å². The van der Waals surface area contributed by atoms with Gasteiger partial charge in [-0.2, -0.15) is 0 Å². The van der Waals surface area contributed by atoms with E-state index in [9.17, 15) is 4.39 Å². The molecule has 0 saturated carbocycles. The van der Waals surface area contributed by atoms with Crippen LogP contribution in [-0.4, -0.2) is 42.4 Å². The Bertz CT molecular complexity index is 90.5. The highest BCUT2D eigenvalue weighted by atomic mass is 19.1. The predicted octanol–water partition coefficient (Wildman–Crippen LogP) is 1.44. The first kappa shape index (κ1) is 11.8. The highest BCUT2D eigenvalue weighted by Gasteiger charge is 2.13. The zero-order chi connectivity index (χ0) is 9.40. The predicted molar refractivity (Wildman–Crippen MR) is 49.0 cm³/mol. The van der Waals surface area contributed by atoms with Crippen molar-refractivity contribution in [1.82, 2.24) is 4.90 Å². The molecule has 12 heavy (non-hydrogen) atoms. The van der Waals surface area contributed by atoms with Crippen molar-refractivity contribution < 1.29 is 9.50 Å². The van der Waals surface area contributed by atoms with Crippen LogP contribution in [-0.2, 0) is 0 Å². The van der Waals surface area contributed by atoms with E-state index in [1.807, 2.05) is 4.90 Å². The molecule has 0 aromatic rings. The summed E-state index contributed by atoms with van der Waals surface area (Å²) in [6.45, 7) is 5.03. The Hall–Kier alpha value is -0.150. The number of hydrogen-bond donors (Lipinski definition) is 1. The Morgan fingerprint density at radius 1 is 1.25 bits per heavy atom. The van der Waals surface area contributed by atoms with E-state index in [4.69, 9.17) is 5.11 Å². The summed E-state index contributed by atoms with van der Waals surface area (Å²) < 4.78 is 12.1. The number of alkyl halides is 1. The summed E-state index contributed by atoms with van der Waals surface area (Å²) in [6.07, 6.45) is 2.05. The van der Waals surface area contributed by atoms with Gasteiger partial charge in [-0.3, -0.25) is 4.90 Å². The van der Waals surface area contributed by atoms with E-state index in [2.05, 4.69) is 13.8 Å². The Morgan fingerprint density at radius 3 is 2.17 bits per heavy atom. The second kappa shape index (κ2) is 7.50. The maximum absolute atomic E-state index is 12.1. The maximum atomic E-state index is 12.1. The Kier molecular flexibility index (Phi) is 7.40. The first-order valence-electron chi connectivity index (χ1n) is 4.70. The SMILES string of the molecule is CCC(CC)N(CCO)CCF. The van der Waals surface area contributed by atoms with E-state index >= 15 is 0 Å². The van der Waals surface area contributed by atoms with Crippen LogP contribution in [0, 0.1) is 0 Å². The number of nitrogens with zero attached hydrogens (tertiary/aromatic N) is 1.